The van der Waals surface area contributed by atoms with E-state index >= 15 is 0 Å². The molecule has 173 valence electrons. The van der Waals surface area contributed by atoms with Gasteiger partial charge < -0.3 is 9.47 Å². The molecule has 34 heavy (non-hydrogen) atoms. The zero-order valence-electron chi connectivity index (χ0n) is 20.1. The number of rotatable bonds is 6. The summed E-state index contributed by atoms with van der Waals surface area (Å²) in [6, 6.07) is 14.7. The van der Waals surface area contributed by atoms with E-state index in [0.717, 1.165) is 44.3 Å². The maximum absolute atomic E-state index is 11.9. The smallest absolute Gasteiger partial charge is 0.328 e. The molecule has 7 heteroatoms. The van der Waals surface area contributed by atoms with E-state index in [1.807, 2.05) is 39.0 Å². The quantitative estimate of drug-likeness (QED) is 0.359. The third-order valence-electron chi connectivity index (χ3n) is 5.93. The second-order valence-electron chi connectivity index (χ2n) is 8.40. The van der Waals surface area contributed by atoms with Crippen molar-refractivity contribution in [2.45, 2.75) is 41.2 Å². The Kier molecular flexibility index (Phi) is 8.16. The van der Waals surface area contributed by atoms with Gasteiger partial charge in [-0.15, -0.1) is 11.5 Å². The molecular weight excluding hydrogens is 505 g/mol. The van der Waals surface area contributed by atoms with Crippen LogP contribution >= 0.6 is 0 Å². The SMILES string of the molecule is Cc1[c-]cc2cc(C)c(C)c(Oc3cc(C)c(C)cc3OCCn3ccc(=O)[nH]c3=O)c2c1.[Y]. The van der Waals surface area contributed by atoms with Crippen molar-refractivity contribution < 1.29 is 42.2 Å². The maximum Gasteiger partial charge on any atom is 0.328 e. The second-order valence-corrected chi connectivity index (χ2v) is 8.40. The van der Waals surface area contributed by atoms with Crippen LogP contribution in [0.3, 0.4) is 0 Å². The number of aromatic nitrogens is 2. The van der Waals surface area contributed by atoms with Gasteiger partial charge in [-0.1, -0.05) is 17.9 Å². The predicted octanol–water partition coefficient (Wildman–Crippen LogP) is 4.90. The van der Waals surface area contributed by atoms with Crippen LogP contribution in [0.5, 0.6) is 17.2 Å². The van der Waals surface area contributed by atoms with Gasteiger partial charge in [-0.2, -0.15) is 23.8 Å². The molecule has 0 fully saturated rings. The Balaban J connectivity index is 0.00000324. The summed E-state index contributed by atoms with van der Waals surface area (Å²) in [6.45, 7) is 10.7. The Morgan fingerprint density at radius 3 is 2.35 bits per heavy atom. The summed E-state index contributed by atoms with van der Waals surface area (Å²) >= 11 is 0. The normalized spacial score (nSPS) is 10.7. The zero-order chi connectivity index (χ0) is 23.7. The van der Waals surface area contributed by atoms with Gasteiger partial charge in [0.15, 0.2) is 11.5 Å². The first-order valence-electron chi connectivity index (χ1n) is 10.9. The molecule has 0 aliphatic carbocycles. The molecule has 0 atom stereocenters. The third-order valence-corrected chi connectivity index (χ3v) is 5.93. The van der Waals surface area contributed by atoms with E-state index < -0.39 is 11.2 Å². The first kappa shape index (κ1) is 25.9. The van der Waals surface area contributed by atoms with Crippen LogP contribution in [0.15, 0.2) is 52.2 Å². The Morgan fingerprint density at radius 2 is 1.65 bits per heavy atom. The van der Waals surface area contributed by atoms with Gasteiger partial charge in [0, 0.05) is 45.0 Å². The fourth-order valence-electron chi connectivity index (χ4n) is 3.72. The standard InChI is InChI=1S/C27H27N2O4.Y/c1-16-6-7-21-13-19(4)20(5)26(22(21)12-16)33-24-15-18(3)17(2)14-23(24)32-11-10-29-9-8-25(30)28-27(29)31;/h7-9,12-15H,10-11H2,1-5H3,(H,28,30,31);/q-1;. The minimum atomic E-state index is -0.461. The van der Waals surface area contributed by atoms with Crippen LogP contribution in [0.2, 0.25) is 0 Å². The molecule has 0 amide bonds. The molecule has 0 aliphatic rings. The van der Waals surface area contributed by atoms with Crippen LogP contribution in [0.1, 0.15) is 27.8 Å². The third kappa shape index (κ3) is 5.50. The fraction of sp³-hybridized carbons (Fsp3) is 0.259. The van der Waals surface area contributed by atoms with Gasteiger partial charge >= 0.3 is 5.69 Å². The number of H-pyrrole nitrogens is 1. The van der Waals surface area contributed by atoms with E-state index in [1.54, 1.807) is 0 Å². The van der Waals surface area contributed by atoms with Gasteiger partial charge in [-0.05, 0) is 56.5 Å². The summed E-state index contributed by atoms with van der Waals surface area (Å²) in [4.78, 5) is 25.5. The summed E-state index contributed by atoms with van der Waals surface area (Å²) in [5.41, 5.74) is 4.53. The van der Waals surface area contributed by atoms with E-state index in [2.05, 4.69) is 37.0 Å². The molecule has 1 aromatic heterocycles. The molecule has 1 N–H and O–H groups in total. The van der Waals surface area contributed by atoms with E-state index in [0.29, 0.717) is 18.0 Å². The Hall–Kier alpha value is -2.70. The topological polar surface area (TPSA) is 73.3 Å². The molecule has 4 aromatic rings. The van der Waals surface area contributed by atoms with Crippen LogP contribution in [-0.2, 0) is 39.3 Å². The Morgan fingerprint density at radius 1 is 0.941 bits per heavy atom. The number of benzene rings is 3. The second kappa shape index (κ2) is 10.7. The molecule has 1 radical (unpaired) electrons. The van der Waals surface area contributed by atoms with Gasteiger partial charge in [0.25, 0.3) is 5.56 Å². The van der Waals surface area contributed by atoms with Gasteiger partial charge in [-0.25, -0.2) is 4.79 Å². The van der Waals surface area contributed by atoms with Crippen molar-refractivity contribution in [2.24, 2.45) is 0 Å². The summed E-state index contributed by atoms with van der Waals surface area (Å²) in [6.07, 6.45) is 1.46. The van der Waals surface area contributed by atoms with Crippen molar-refractivity contribution in [1.82, 2.24) is 9.55 Å². The summed E-state index contributed by atoms with van der Waals surface area (Å²) < 4.78 is 14.0. The van der Waals surface area contributed by atoms with Crippen LogP contribution in [0.4, 0.5) is 0 Å². The van der Waals surface area contributed by atoms with E-state index in [4.69, 9.17) is 9.47 Å². The van der Waals surface area contributed by atoms with Crippen molar-refractivity contribution in [3.63, 3.8) is 0 Å². The fourth-order valence-corrected chi connectivity index (χ4v) is 3.72. The van der Waals surface area contributed by atoms with Crippen LogP contribution in [-0.4, -0.2) is 16.2 Å². The van der Waals surface area contributed by atoms with Crippen molar-refractivity contribution in [3.8, 4) is 17.2 Å². The molecule has 0 unspecified atom stereocenters. The molecule has 0 spiro atoms. The number of nitrogens with one attached hydrogen (secondary N) is 1. The number of hydrogen-bond acceptors (Lipinski definition) is 4. The molecule has 3 aromatic carbocycles. The average Bonchev–Trinajstić information content (AvgIpc) is 2.76. The summed E-state index contributed by atoms with van der Waals surface area (Å²) in [5.74, 6) is 2.02. The van der Waals surface area contributed by atoms with Crippen molar-refractivity contribution in [3.05, 3.63) is 97.3 Å². The van der Waals surface area contributed by atoms with E-state index in [9.17, 15) is 9.59 Å². The first-order valence-corrected chi connectivity index (χ1v) is 10.9. The van der Waals surface area contributed by atoms with Gasteiger partial charge in [-0.3, -0.25) is 14.3 Å². The van der Waals surface area contributed by atoms with Gasteiger partial charge in [0.1, 0.15) is 12.4 Å². The molecular formula is C27H27N2O4Y-. The molecule has 1 heterocycles. The van der Waals surface area contributed by atoms with Crippen molar-refractivity contribution in [2.75, 3.05) is 6.61 Å². The van der Waals surface area contributed by atoms with Crippen LogP contribution in [0.25, 0.3) is 10.8 Å². The Bertz CT molecular complexity index is 1470. The molecule has 0 bridgehead atoms. The van der Waals surface area contributed by atoms with Gasteiger partial charge in [0.2, 0.25) is 0 Å². The summed E-state index contributed by atoms with van der Waals surface area (Å²) in [7, 11) is 0. The van der Waals surface area contributed by atoms with E-state index in [1.165, 1.54) is 16.8 Å². The zero-order valence-corrected chi connectivity index (χ0v) is 23.0. The number of ether oxygens (including phenoxy) is 2. The molecule has 0 aliphatic heterocycles. The van der Waals surface area contributed by atoms with Gasteiger partial charge in [0.05, 0.1) is 6.54 Å². The van der Waals surface area contributed by atoms with Crippen molar-refractivity contribution >= 4 is 10.8 Å². The molecule has 0 saturated carbocycles. The van der Waals surface area contributed by atoms with Crippen molar-refractivity contribution in [1.29, 1.82) is 0 Å². The maximum atomic E-state index is 11.9. The Labute approximate surface area is 223 Å². The minimum Gasteiger partial charge on any atom is -0.488 e. The minimum absolute atomic E-state index is 0. The number of fused-ring (bicyclic) bond motifs is 1. The van der Waals surface area contributed by atoms with Crippen LogP contribution < -0.4 is 20.7 Å². The average molecular weight is 532 g/mol. The summed E-state index contributed by atoms with van der Waals surface area (Å²) in [5, 5.41) is 2.10. The number of hydrogen-bond donors (Lipinski definition) is 1. The molecule has 6 nitrogen and oxygen atoms in total. The largest absolute Gasteiger partial charge is 0.488 e. The van der Waals surface area contributed by atoms with Crippen LogP contribution in [0, 0.1) is 40.7 Å². The predicted molar refractivity (Wildman–Crippen MR) is 130 cm³/mol. The number of aromatic amines is 1. The number of nitrogens with zero attached hydrogens (tertiary/aromatic N) is 1. The number of aryl methyl sites for hydroxylation is 4. The molecule has 0 saturated heterocycles. The monoisotopic (exact) mass is 532 g/mol. The van der Waals surface area contributed by atoms with E-state index in [-0.39, 0.29) is 39.3 Å². The molecule has 4 rings (SSSR count). The first-order chi connectivity index (χ1) is 15.7.